The molecule has 136 valence electrons. The third-order valence-corrected chi connectivity index (χ3v) is 8.71. The van der Waals surface area contributed by atoms with Gasteiger partial charge in [-0.25, -0.2) is 0 Å². The number of benzene rings is 2. The average Bonchev–Trinajstić information content (AvgIpc) is 3.12. The minimum absolute atomic E-state index is 0.0112. The van der Waals surface area contributed by atoms with E-state index in [1.807, 2.05) is 25.1 Å². The number of rotatable bonds is 6. The summed E-state index contributed by atoms with van der Waals surface area (Å²) in [5, 5.41) is 0. The first-order chi connectivity index (χ1) is 12.4. The maximum atomic E-state index is 13.0. The minimum atomic E-state index is -3.59. The van der Waals surface area contributed by atoms with Crippen molar-refractivity contribution in [2.45, 2.75) is 11.8 Å². The second-order valence-corrected chi connectivity index (χ2v) is 10.9. The molecule has 26 heavy (non-hydrogen) atoms. The van der Waals surface area contributed by atoms with Crippen LogP contribution in [0.1, 0.15) is 5.56 Å². The molecule has 1 aliphatic rings. The van der Waals surface area contributed by atoms with Gasteiger partial charge in [-0.3, -0.25) is 0 Å². The van der Waals surface area contributed by atoms with Crippen molar-refractivity contribution in [2.75, 3.05) is 13.2 Å². The number of hydrogen-bond acceptors (Lipinski definition) is 3. The molecule has 0 amide bonds. The van der Waals surface area contributed by atoms with Crippen LogP contribution in [0.2, 0.25) is 0 Å². The molecule has 3 nitrogen and oxygen atoms in total. The molecule has 0 saturated carbocycles. The van der Waals surface area contributed by atoms with Crippen LogP contribution >= 0.6 is 0 Å². The van der Waals surface area contributed by atoms with E-state index in [9.17, 15) is 8.42 Å². The van der Waals surface area contributed by atoms with Crippen LogP contribution in [0.3, 0.4) is 0 Å². The van der Waals surface area contributed by atoms with Gasteiger partial charge in [0.2, 0.25) is 0 Å². The number of aryl methyl sites for hydroxylation is 1. The Hall–Kier alpha value is -1.65. The van der Waals surface area contributed by atoms with Gasteiger partial charge in [0, 0.05) is 0 Å². The molecule has 0 unspecified atom stereocenters. The number of ether oxygens (including phenoxy) is 1. The van der Waals surface area contributed by atoms with Crippen LogP contribution in [0.5, 0.6) is 0 Å². The second kappa shape index (κ2) is 7.93. The summed E-state index contributed by atoms with van der Waals surface area (Å²) in [4.78, 5) is 0.520. The van der Waals surface area contributed by atoms with Gasteiger partial charge in [0.25, 0.3) is 0 Å². The number of sulfone groups is 1. The Balaban J connectivity index is 1.79. The predicted octanol–water partition coefficient (Wildman–Crippen LogP) is 3.09. The summed E-state index contributed by atoms with van der Waals surface area (Å²) in [5.41, 5.74) is 1.02. The van der Waals surface area contributed by atoms with E-state index in [2.05, 4.69) is 25.3 Å². The Morgan fingerprint density at radius 2 is 1.62 bits per heavy atom. The van der Waals surface area contributed by atoms with Crippen molar-refractivity contribution in [1.29, 1.82) is 0 Å². The van der Waals surface area contributed by atoms with Gasteiger partial charge in [0.15, 0.2) is 0 Å². The molecule has 1 fully saturated rings. The first kappa shape index (κ1) is 19.1. The van der Waals surface area contributed by atoms with E-state index in [0.717, 1.165) is 10.0 Å². The van der Waals surface area contributed by atoms with Gasteiger partial charge in [-0.2, -0.15) is 0 Å². The summed E-state index contributed by atoms with van der Waals surface area (Å²) >= 11 is 0.0752. The van der Waals surface area contributed by atoms with Crippen LogP contribution < -0.4 is 4.46 Å². The van der Waals surface area contributed by atoms with Crippen LogP contribution in [0.25, 0.3) is 0 Å². The standard InChI is InChI=1S/C21H22O3SSe/c1-15-9-11-18(12-10-15)25(22,23)16(2)20-13-24-14-21(20)17(3)26-19-7-5-4-6-8-19/h4-12,20-21H,2-3,13-14H2,1H3/t20-,21-/m0/s1. The molecule has 0 radical (unpaired) electrons. The topological polar surface area (TPSA) is 43.4 Å². The van der Waals surface area contributed by atoms with Crippen molar-refractivity contribution in [3.63, 3.8) is 0 Å². The fraction of sp³-hybridized carbons (Fsp3) is 0.238. The maximum absolute atomic E-state index is 13.0. The SMILES string of the molecule is C=C([Se]c1ccccc1)[C@@H]1COC[C@H]1C(=C)S(=O)(=O)c1ccc(C)cc1. The molecular formula is C21H22O3SSe. The van der Waals surface area contributed by atoms with Crippen LogP contribution in [-0.4, -0.2) is 36.6 Å². The summed E-state index contributed by atoms with van der Waals surface area (Å²) in [6.45, 7) is 11.0. The van der Waals surface area contributed by atoms with Crippen LogP contribution in [0.4, 0.5) is 0 Å². The molecule has 0 aromatic heterocycles. The van der Waals surface area contributed by atoms with Gasteiger partial charge in [-0.05, 0) is 0 Å². The molecule has 1 aliphatic heterocycles. The van der Waals surface area contributed by atoms with Crippen LogP contribution in [0.15, 0.2) is 82.0 Å². The molecule has 0 N–H and O–H groups in total. The van der Waals surface area contributed by atoms with E-state index in [-0.39, 0.29) is 36.6 Å². The van der Waals surface area contributed by atoms with Crippen molar-refractivity contribution < 1.29 is 13.2 Å². The second-order valence-electron chi connectivity index (χ2n) is 6.41. The number of hydrogen-bond donors (Lipinski definition) is 0. The van der Waals surface area contributed by atoms with E-state index in [1.165, 1.54) is 4.46 Å². The van der Waals surface area contributed by atoms with Gasteiger partial charge >= 0.3 is 162 Å². The zero-order valence-corrected chi connectivity index (χ0v) is 17.3. The van der Waals surface area contributed by atoms with Gasteiger partial charge in [-0.1, -0.05) is 0 Å². The van der Waals surface area contributed by atoms with E-state index < -0.39 is 9.84 Å². The molecule has 3 rings (SSSR count). The Morgan fingerprint density at radius 1 is 1.00 bits per heavy atom. The summed E-state index contributed by atoms with van der Waals surface area (Å²) in [6.07, 6.45) is 0. The van der Waals surface area contributed by atoms with Gasteiger partial charge in [-0.15, -0.1) is 0 Å². The van der Waals surface area contributed by atoms with Crippen LogP contribution in [0, 0.1) is 18.8 Å². The third kappa shape index (κ3) is 4.02. The van der Waals surface area contributed by atoms with Crippen molar-refractivity contribution in [1.82, 2.24) is 0 Å². The average molecular weight is 433 g/mol. The third-order valence-electron chi connectivity index (χ3n) is 4.58. The summed E-state index contributed by atoms with van der Waals surface area (Å²) in [7, 11) is -3.59. The Labute approximate surface area is 161 Å². The van der Waals surface area contributed by atoms with Gasteiger partial charge in [0.05, 0.1) is 0 Å². The molecule has 1 saturated heterocycles. The van der Waals surface area contributed by atoms with Crippen molar-refractivity contribution >= 4 is 29.3 Å². The summed E-state index contributed by atoms with van der Waals surface area (Å²) < 4.78 is 33.9. The quantitative estimate of drug-likeness (QED) is 0.658. The zero-order valence-electron chi connectivity index (χ0n) is 14.7. The first-order valence-electron chi connectivity index (χ1n) is 8.39. The van der Waals surface area contributed by atoms with Crippen molar-refractivity contribution in [3.8, 4) is 0 Å². The molecule has 5 heteroatoms. The molecular weight excluding hydrogens is 411 g/mol. The Morgan fingerprint density at radius 3 is 2.27 bits per heavy atom. The fourth-order valence-electron chi connectivity index (χ4n) is 2.97. The fourth-order valence-corrected chi connectivity index (χ4v) is 6.46. The summed E-state index contributed by atoms with van der Waals surface area (Å²) in [6, 6.07) is 17.1. The van der Waals surface area contributed by atoms with Crippen LogP contribution in [-0.2, 0) is 14.6 Å². The first-order valence-corrected chi connectivity index (χ1v) is 11.6. The van der Waals surface area contributed by atoms with Crippen molar-refractivity contribution in [2.24, 2.45) is 11.8 Å². The molecule has 0 aliphatic carbocycles. The van der Waals surface area contributed by atoms with Crippen molar-refractivity contribution in [3.05, 3.63) is 82.7 Å². The van der Waals surface area contributed by atoms with E-state index in [0.29, 0.717) is 13.2 Å². The van der Waals surface area contributed by atoms with E-state index >= 15 is 0 Å². The molecule has 2 aromatic rings. The summed E-state index contributed by atoms with van der Waals surface area (Å²) in [5.74, 6) is -0.262. The molecule has 0 bridgehead atoms. The van der Waals surface area contributed by atoms with Gasteiger partial charge in [0.1, 0.15) is 0 Å². The predicted molar refractivity (Wildman–Crippen MR) is 106 cm³/mol. The van der Waals surface area contributed by atoms with Gasteiger partial charge < -0.3 is 0 Å². The Bertz CT molecular complexity index is 902. The molecule has 2 aromatic carbocycles. The Kier molecular flexibility index (Phi) is 5.83. The monoisotopic (exact) mass is 434 g/mol. The molecule has 2 atom stereocenters. The molecule has 1 heterocycles. The van der Waals surface area contributed by atoms with E-state index in [1.54, 1.807) is 24.3 Å². The molecule has 0 spiro atoms. The zero-order chi connectivity index (χ0) is 18.7. The normalized spacial score (nSPS) is 20.0. The van der Waals surface area contributed by atoms with E-state index in [4.69, 9.17) is 4.74 Å².